The van der Waals surface area contributed by atoms with Crippen LogP contribution in [-0.2, 0) is 21.6 Å². The molecule has 1 saturated carbocycles. The maximum absolute atomic E-state index is 15.3. The monoisotopic (exact) mass is 589 g/mol. The molecule has 0 radical (unpaired) electrons. The van der Waals surface area contributed by atoms with Crippen molar-refractivity contribution in [3.63, 3.8) is 0 Å². The molecule has 1 fully saturated rings. The molecule has 0 saturated heterocycles. The molecule has 0 aliphatic heterocycles. The van der Waals surface area contributed by atoms with E-state index in [1.165, 1.54) is 22.8 Å². The van der Waals surface area contributed by atoms with Crippen LogP contribution in [0.2, 0.25) is 0 Å². The summed E-state index contributed by atoms with van der Waals surface area (Å²) in [4.78, 5) is 16.1. The predicted molar refractivity (Wildman–Crippen MR) is 157 cm³/mol. The van der Waals surface area contributed by atoms with E-state index in [-0.39, 0.29) is 22.9 Å². The number of methoxy groups -OCH3 is 1. The number of thiazole rings is 1. The maximum atomic E-state index is 15.3. The summed E-state index contributed by atoms with van der Waals surface area (Å²) in [6.45, 7) is 0. The Hall–Kier alpha value is -4.19. The third-order valence-electron chi connectivity index (χ3n) is 7.08. The number of aromatic nitrogens is 3. The molecule has 11 heteroatoms. The molecule has 8 nitrogen and oxygen atoms in total. The zero-order valence-electron chi connectivity index (χ0n) is 22.0. The first kappa shape index (κ1) is 27.0. The van der Waals surface area contributed by atoms with Crippen molar-refractivity contribution in [2.75, 3.05) is 7.11 Å². The summed E-state index contributed by atoms with van der Waals surface area (Å²) in [5.74, 6) is -0.681. The number of nitrogens with zero attached hydrogens (tertiary/aromatic N) is 3. The summed E-state index contributed by atoms with van der Waals surface area (Å²) in [5.41, 5.74) is 5.52. The molecule has 2 aromatic heterocycles. The molecule has 0 amide bonds. The highest BCUT2D eigenvalue weighted by atomic mass is 32.2. The van der Waals surface area contributed by atoms with Crippen LogP contribution in [0.1, 0.15) is 46.1 Å². The minimum Gasteiger partial charge on any atom is -0.497 e. The zero-order chi connectivity index (χ0) is 28.7. The van der Waals surface area contributed by atoms with Crippen LogP contribution in [0.25, 0.3) is 27.5 Å². The fourth-order valence-electron chi connectivity index (χ4n) is 4.91. The molecule has 208 valence electrons. The molecule has 5 aromatic rings. The Balaban J connectivity index is 1.52. The molecular formula is C30H26FN4O4S2+. The second-order valence-electron chi connectivity index (χ2n) is 9.81. The lowest BCUT2D eigenvalue weighted by Gasteiger charge is -2.10. The molecule has 1 atom stereocenters. The van der Waals surface area contributed by atoms with Gasteiger partial charge >= 0.3 is 5.97 Å². The van der Waals surface area contributed by atoms with Gasteiger partial charge in [-0.1, -0.05) is 40.6 Å². The van der Waals surface area contributed by atoms with Crippen LogP contribution in [0.15, 0.2) is 77.0 Å². The Bertz CT molecular complexity index is 1810. The highest BCUT2D eigenvalue weighted by Gasteiger charge is 2.34. The van der Waals surface area contributed by atoms with Crippen molar-refractivity contribution in [2.45, 2.75) is 30.1 Å². The first-order chi connectivity index (χ1) is 19.8. The van der Waals surface area contributed by atoms with Gasteiger partial charge in [-0.25, -0.2) is 18.9 Å². The smallest absolute Gasteiger partial charge is 0.355 e. The number of thiol groups is 1. The fourth-order valence-corrected chi connectivity index (χ4v) is 6.13. The van der Waals surface area contributed by atoms with E-state index in [1.54, 1.807) is 23.9 Å². The summed E-state index contributed by atoms with van der Waals surface area (Å²) >= 11 is 1.20. The minimum atomic E-state index is -2.16. The van der Waals surface area contributed by atoms with Crippen LogP contribution in [-0.4, -0.2) is 33.0 Å². The van der Waals surface area contributed by atoms with Crippen LogP contribution in [0.5, 0.6) is 5.75 Å². The number of rotatable bonds is 9. The van der Waals surface area contributed by atoms with Crippen LogP contribution < -0.4 is 9.88 Å². The summed E-state index contributed by atoms with van der Waals surface area (Å²) in [6.07, 6.45) is 2.11. The third kappa shape index (κ3) is 5.43. The van der Waals surface area contributed by atoms with E-state index in [4.69, 9.17) is 15.0 Å². The molecule has 1 aliphatic rings. The second-order valence-corrected chi connectivity index (χ2v) is 11.8. The van der Waals surface area contributed by atoms with E-state index in [0.717, 1.165) is 46.5 Å². The standard InChI is InChI=1S/C30H25FN4O4S2/c1-39-22-7-3-5-19(13-22)18-4-2-6-21(12-18)27-24(14-20-10-11-23(41(32)38)15-25(20)31)28(17-8-9-17)35(34-27)30-33-26(16-40-30)29(36)37/h2-7,10-13,15-17H,8-9,14H2,1H3,(H2,32,38)(H,36,37)/p+1. The van der Waals surface area contributed by atoms with E-state index in [9.17, 15) is 14.1 Å². The second kappa shape index (κ2) is 11.0. The van der Waals surface area contributed by atoms with Crippen LogP contribution in [0.4, 0.5) is 4.39 Å². The predicted octanol–water partition coefficient (Wildman–Crippen LogP) is 5.91. The van der Waals surface area contributed by atoms with E-state index in [2.05, 4.69) is 4.98 Å². The summed E-state index contributed by atoms with van der Waals surface area (Å²) in [7, 11) is -0.537. The molecule has 0 bridgehead atoms. The average molecular weight is 590 g/mol. The van der Waals surface area contributed by atoms with E-state index in [0.29, 0.717) is 16.4 Å². The lowest BCUT2D eigenvalue weighted by atomic mass is 9.95. The highest BCUT2D eigenvalue weighted by Crippen LogP contribution is 2.46. The number of nitrogens with two attached hydrogens (primary N) is 1. The molecular weight excluding hydrogens is 563 g/mol. The van der Waals surface area contributed by atoms with Gasteiger partial charge in [0.05, 0.1) is 18.5 Å². The van der Waals surface area contributed by atoms with Crippen LogP contribution >= 0.6 is 11.3 Å². The van der Waals surface area contributed by atoms with E-state index in [1.807, 2.05) is 48.5 Å². The van der Waals surface area contributed by atoms with Crippen LogP contribution in [0, 0.1) is 5.82 Å². The van der Waals surface area contributed by atoms with Gasteiger partial charge in [0.2, 0.25) is 5.13 Å². The lowest BCUT2D eigenvalue weighted by Crippen LogP contribution is -2.05. The molecule has 3 aromatic carbocycles. The van der Waals surface area contributed by atoms with Gasteiger partial charge < -0.3 is 9.84 Å². The molecule has 6 rings (SSSR count). The molecule has 1 unspecified atom stereocenters. The van der Waals surface area contributed by atoms with Crippen molar-refractivity contribution in [2.24, 2.45) is 5.14 Å². The number of ether oxygens (including phenoxy) is 1. The summed E-state index contributed by atoms with van der Waals surface area (Å²) in [6, 6.07) is 20.1. The first-order valence-electron chi connectivity index (χ1n) is 12.9. The number of carboxylic acids is 1. The quantitative estimate of drug-likeness (QED) is 0.163. The van der Waals surface area contributed by atoms with Gasteiger partial charge in [-0.05, 0) is 53.8 Å². The summed E-state index contributed by atoms with van der Waals surface area (Å²) in [5, 5.41) is 21.9. The Morgan fingerprint density at radius 3 is 2.51 bits per heavy atom. The number of aromatic carboxylic acids is 1. The van der Waals surface area contributed by atoms with Gasteiger partial charge in [0.1, 0.15) is 11.6 Å². The van der Waals surface area contributed by atoms with Gasteiger partial charge in [-0.15, -0.1) is 16.5 Å². The SMILES string of the molecule is COc1cccc(-c2cccc(-c3nn(-c4nc(C(=O)O)cs4)c(C4CC4)c3Cc3ccc([SH+](N)=O)cc3F)c2)c1. The number of hydrogen-bond acceptors (Lipinski definition) is 6. The van der Waals surface area contributed by atoms with Gasteiger partial charge in [-0.2, -0.15) is 5.10 Å². The van der Waals surface area contributed by atoms with Crippen molar-refractivity contribution in [3.05, 3.63) is 100 Å². The van der Waals surface area contributed by atoms with Crippen molar-refractivity contribution < 1.29 is 23.2 Å². The van der Waals surface area contributed by atoms with Gasteiger partial charge in [0.25, 0.3) is 0 Å². The largest absolute Gasteiger partial charge is 0.497 e. The Labute approximate surface area is 241 Å². The minimum absolute atomic E-state index is 0.0529. The van der Waals surface area contributed by atoms with Crippen molar-refractivity contribution in [3.8, 4) is 33.3 Å². The average Bonchev–Trinajstić information content (AvgIpc) is 3.56. The highest BCUT2D eigenvalue weighted by molar-refractivity contribution is 7.82. The number of hydrogen-bond donors (Lipinski definition) is 2. The van der Waals surface area contributed by atoms with E-state index < -0.39 is 22.8 Å². The van der Waals surface area contributed by atoms with Crippen molar-refractivity contribution in [1.82, 2.24) is 14.8 Å². The number of carboxylic acid groups (broad SMARTS) is 1. The fraction of sp³-hybridized carbons (Fsp3) is 0.167. The number of benzene rings is 3. The molecule has 41 heavy (non-hydrogen) atoms. The van der Waals surface area contributed by atoms with Crippen molar-refractivity contribution in [1.29, 1.82) is 0 Å². The Morgan fingerprint density at radius 2 is 1.85 bits per heavy atom. The molecule has 0 spiro atoms. The Morgan fingerprint density at radius 1 is 1.12 bits per heavy atom. The van der Waals surface area contributed by atoms with Crippen LogP contribution in [0.3, 0.4) is 0 Å². The first-order valence-corrected chi connectivity index (χ1v) is 15.1. The van der Waals surface area contributed by atoms with Crippen molar-refractivity contribution >= 4 is 28.3 Å². The molecule has 1 aliphatic carbocycles. The van der Waals surface area contributed by atoms with Gasteiger partial charge in [0.15, 0.2) is 21.6 Å². The third-order valence-corrected chi connectivity index (χ3v) is 8.68. The maximum Gasteiger partial charge on any atom is 0.355 e. The Kier molecular flexibility index (Phi) is 7.24. The number of halogens is 1. The van der Waals surface area contributed by atoms with E-state index >= 15 is 4.39 Å². The molecule has 2 heterocycles. The normalized spacial score (nSPS) is 13.7. The lowest BCUT2D eigenvalue weighted by molar-refractivity contribution is 0.0691. The van der Waals surface area contributed by atoms with Gasteiger partial charge in [0, 0.05) is 34.9 Å². The zero-order valence-corrected chi connectivity index (χ0v) is 23.7. The molecule has 3 N–H and O–H groups in total. The number of carbonyl (C=O) groups is 1. The van der Waals surface area contributed by atoms with Gasteiger partial charge in [-0.3, -0.25) is 0 Å². The topological polar surface area (TPSA) is 120 Å². The summed E-state index contributed by atoms with van der Waals surface area (Å²) < 4.78 is 34.1.